The molecule has 0 bridgehead atoms. The minimum atomic E-state index is 0.377. The van der Waals surface area contributed by atoms with Gasteiger partial charge < -0.3 is 20.1 Å². The minimum absolute atomic E-state index is 0.377. The molecule has 1 heterocycles. The van der Waals surface area contributed by atoms with E-state index < -0.39 is 0 Å². The maximum atomic E-state index is 5.43. The zero-order valence-corrected chi connectivity index (χ0v) is 16.2. The molecule has 25 heavy (non-hydrogen) atoms. The normalized spacial score (nSPS) is 15.0. The number of ether oxygens (including phenoxy) is 2. The number of aliphatic imine (C=N–C) groups is 1. The fourth-order valence-corrected chi connectivity index (χ4v) is 3.03. The Labute approximate surface area is 151 Å². The van der Waals surface area contributed by atoms with Gasteiger partial charge in [0.05, 0.1) is 20.8 Å². The number of hydrogen-bond acceptors (Lipinski definition) is 4. The average molecular weight is 348 g/mol. The van der Waals surface area contributed by atoms with E-state index in [0.717, 1.165) is 56.6 Å². The van der Waals surface area contributed by atoms with Crippen molar-refractivity contribution >= 4 is 5.96 Å². The Morgan fingerprint density at radius 1 is 1.20 bits per heavy atom. The molecule has 0 aromatic heterocycles. The second kappa shape index (κ2) is 9.51. The predicted octanol–water partition coefficient (Wildman–Crippen LogP) is 2.03. The number of guanidine groups is 1. The van der Waals surface area contributed by atoms with E-state index in [1.807, 2.05) is 0 Å². The third-order valence-electron chi connectivity index (χ3n) is 4.25. The molecule has 0 saturated carbocycles. The van der Waals surface area contributed by atoms with E-state index in [4.69, 9.17) is 9.47 Å². The Balaban J connectivity index is 1.96. The molecule has 0 saturated heterocycles. The minimum Gasteiger partial charge on any atom is -0.493 e. The van der Waals surface area contributed by atoms with E-state index in [1.165, 1.54) is 11.1 Å². The highest BCUT2D eigenvalue weighted by Gasteiger charge is 2.19. The summed E-state index contributed by atoms with van der Waals surface area (Å²) in [6, 6.07) is 4.59. The lowest BCUT2D eigenvalue weighted by molar-refractivity contribution is 0.260. The molecular weight excluding hydrogens is 316 g/mol. The van der Waals surface area contributed by atoms with Gasteiger partial charge in [0, 0.05) is 32.2 Å². The lowest BCUT2D eigenvalue weighted by Crippen LogP contribution is -2.41. The maximum Gasteiger partial charge on any atom is 0.191 e. The van der Waals surface area contributed by atoms with Crippen LogP contribution in [0, 0.1) is 0 Å². The number of fused-ring (bicyclic) bond motifs is 1. The summed E-state index contributed by atoms with van der Waals surface area (Å²) in [7, 11) is 3.37. The molecule has 0 spiro atoms. The predicted molar refractivity (Wildman–Crippen MR) is 103 cm³/mol. The second-order valence-corrected chi connectivity index (χ2v) is 6.56. The van der Waals surface area contributed by atoms with Crippen LogP contribution in [0.1, 0.15) is 31.9 Å². The van der Waals surface area contributed by atoms with E-state index in [1.54, 1.807) is 14.2 Å². The van der Waals surface area contributed by atoms with Gasteiger partial charge in [-0.05, 0) is 50.5 Å². The first-order valence-electron chi connectivity index (χ1n) is 9.08. The SMILES string of the molecule is CCNC(=NCCN1CCc2cc(OC)c(OC)cc2C1)NC(C)C. The van der Waals surface area contributed by atoms with Crippen molar-refractivity contribution in [2.24, 2.45) is 4.99 Å². The molecule has 0 amide bonds. The van der Waals surface area contributed by atoms with Gasteiger partial charge in [0.1, 0.15) is 0 Å². The molecule has 0 radical (unpaired) electrons. The van der Waals surface area contributed by atoms with E-state index in [-0.39, 0.29) is 0 Å². The molecule has 6 heteroatoms. The van der Waals surface area contributed by atoms with Crippen LogP contribution in [0.3, 0.4) is 0 Å². The summed E-state index contributed by atoms with van der Waals surface area (Å²) in [5.41, 5.74) is 2.67. The first-order valence-corrected chi connectivity index (χ1v) is 9.08. The smallest absolute Gasteiger partial charge is 0.191 e. The van der Waals surface area contributed by atoms with Crippen LogP contribution in [0.2, 0.25) is 0 Å². The number of methoxy groups -OCH3 is 2. The van der Waals surface area contributed by atoms with Gasteiger partial charge in [-0.3, -0.25) is 9.89 Å². The van der Waals surface area contributed by atoms with Gasteiger partial charge in [-0.2, -0.15) is 0 Å². The van der Waals surface area contributed by atoms with Gasteiger partial charge in [-0.1, -0.05) is 0 Å². The zero-order chi connectivity index (χ0) is 18.2. The van der Waals surface area contributed by atoms with Gasteiger partial charge in [-0.15, -0.1) is 0 Å². The van der Waals surface area contributed by atoms with E-state index in [0.29, 0.717) is 6.04 Å². The van der Waals surface area contributed by atoms with Crippen LogP contribution >= 0.6 is 0 Å². The highest BCUT2D eigenvalue weighted by molar-refractivity contribution is 5.79. The highest BCUT2D eigenvalue weighted by atomic mass is 16.5. The van der Waals surface area contributed by atoms with Crippen molar-refractivity contribution in [2.75, 3.05) is 40.4 Å². The monoisotopic (exact) mass is 348 g/mol. The largest absolute Gasteiger partial charge is 0.493 e. The summed E-state index contributed by atoms with van der Waals surface area (Å²) in [5, 5.41) is 6.64. The molecule has 6 nitrogen and oxygen atoms in total. The lowest BCUT2D eigenvalue weighted by atomic mass is 9.99. The van der Waals surface area contributed by atoms with Gasteiger partial charge in [0.2, 0.25) is 0 Å². The van der Waals surface area contributed by atoms with Crippen LogP contribution < -0.4 is 20.1 Å². The Morgan fingerprint density at radius 2 is 1.88 bits per heavy atom. The van der Waals surface area contributed by atoms with Crippen LogP contribution in [0.15, 0.2) is 17.1 Å². The summed E-state index contributed by atoms with van der Waals surface area (Å²) in [5.74, 6) is 2.51. The topological polar surface area (TPSA) is 58.1 Å². The standard InChI is InChI=1S/C19H32N4O2/c1-6-20-19(22-14(2)3)21-8-10-23-9-7-15-11-17(24-4)18(25-5)12-16(15)13-23/h11-12,14H,6-10,13H2,1-5H3,(H2,20,21,22). The number of nitrogens with zero attached hydrogens (tertiary/aromatic N) is 2. The van der Waals surface area contributed by atoms with Crippen LogP contribution in [0.25, 0.3) is 0 Å². The molecule has 0 fully saturated rings. The summed E-state index contributed by atoms with van der Waals surface area (Å²) in [4.78, 5) is 7.11. The Morgan fingerprint density at radius 3 is 2.48 bits per heavy atom. The molecule has 2 N–H and O–H groups in total. The van der Waals surface area contributed by atoms with E-state index in [9.17, 15) is 0 Å². The van der Waals surface area contributed by atoms with Crippen LogP contribution in [0.5, 0.6) is 11.5 Å². The third-order valence-corrected chi connectivity index (χ3v) is 4.25. The van der Waals surface area contributed by atoms with Crippen molar-refractivity contribution in [2.45, 2.75) is 39.8 Å². The first-order chi connectivity index (χ1) is 12.1. The molecule has 0 unspecified atom stereocenters. The van der Waals surface area contributed by atoms with Gasteiger partial charge >= 0.3 is 0 Å². The van der Waals surface area contributed by atoms with Gasteiger partial charge in [0.25, 0.3) is 0 Å². The van der Waals surface area contributed by atoms with Crippen molar-refractivity contribution in [3.05, 3.63) is 23.3 Å². The fraction of sp³-hybridized carbons (Fsp3) is 0.632. The second-order valence-electron chi connectivity index (χ2n) is 6.56. The summed E-state index contributed by atoms with van der Waals surface area (Å²) in [6.45, 7) is 10.9. The quantitative estimate of drug-likeness (QED) is 0.583. The number of benzene rings is 1. The highest BCUT2D eigenvalue weighted by Crippen LogP contribution is 2.33. The Hall–Kier alpha value is -1.95. The van der Waals surface area contributed by atoms with Crippen molar-refractivity contribution in [3.63, 3.8) is 0 Å². The van der Waals surface area contributed by atoms with Gasteiger partial charge in [0.15, 0.2) is 17.5 Å². The van der Waals surface area contributed by atoms with Crippen LogP contribution in [-0.2, 0) is 13.0 Å². The van der Waals surface area contributed by atoms with Crippen molar-refractivity contribution in [1.82, 2.24) is 15.5 Å². The summed E-state index contributed by atoms with van der Waals surface area (Å²) >= 11 is 0. The van der Waals surface area contributed by atoms with Crippen molar-refractivity contribution < 1.29 is 9.47 Å². The van der Waals surface area contributed by atoms with Crippen LogP contribution in [0.4, 0.5) is 0 Å². The molecule has 1 aromatic rings. The van der Waals surface area contributed by atoms with Crippen molar-refractivity contribution in [3.8, 4) is 11.5 Å². The summed E-state index contributed by atoms with van der Waals surface area (Å²) < 4.78 is 10.8. The van der Waals surface area contributed by atoms with E-state index in [2.05, 4.69) is 53.4 Å². The summed E-state index contributed by atoms with van der Waals surface area (Å²) in [6.07, 6.45) is 1.03. The maximum absolute atomic E-state index is 5.43. The molecular formula is C19H32N4O2. The molecule has 1 aliphatic heterocycles. The molecule has 1 aliphatic rings. The van der Waals surface area contributed by atoms with E-state index >= 15 is 0 Å². The molecule has 0 atom stereocenters. The lowest BCUT2D eigenvalue weighted by Gasteiger charge is -2.29. The first kappa shape index (κ1) is 19.4. The van der Waals surface area contributed by atoms with Crippen LogP contribution in [-0.4, -0.2) is 57.3 Å². The molecule has 140 valence electrons. The number of hydrogen-bond donors (Lipinski definition) is 2. The molecule has 1 aromatic carbocycles. The number of nitrogens with one attached hydrogen (secondary N) is 2. The fourth-order valence-electron chi connectivity index (χ4n) is 3.03. The molecule has 0 aliphatic carbocycles. The molecule has 2 rings (SSSR count). The Bertz CT molecular complexity index is 587. The van der Waals surface area contributed by atoms with Crippen molar-refractivity contribution in [1.29, 1.82) is 0 Å². The zero-order valence-electron chi connectivity index (χ0n) is 16.2. The average Bonchev–Trinajstić information content (AvgIpc) is 2.60. The third kappa shape index (κ3) is 5.53. The Kier molecular flexibility index (Phi) is 7.37. The van der Waals surface area contributed by atoms with Gasteiger partial charge in [-0.25, -0.2) is 0 Å². The number of rotatable bonds is 7.